The van der Waals surface area contributed by atoms with Crippen molar-refractivity contribution in [1.29, 1.82) is 0 Å². The molecule has 0 radical (unpaired) electrons. The Balaban J connectivity index is 1.89. The van der Waals surface area contributed by atoms with Crippen LogP contribution in [0.15, 0.2) is 24.3 Å². The zero-order chi connectivity index (χ0) is 15.3. The van der Waals surface area contributed by atoms with E-state index in [9.17, 15) is 4.79 Å². The number of nitrogens with two attached hydrogens (primary N) is 1. The highest BCUT2D eigenvalue weighted by molar-refractivity contribution is 5.75. The number of anilines is 1. The Hall–Kier alpha value is -1.75. The summed E-state index contributed by atoms with van der Waals surface area (Å²) >= 11 is 0. The maximum absolute atomic E-state index is 10.7. The maximum atomic E-state index is 10.7. The summed E-state index contributed by atoms with van der Waals surface area (Å²) in [5.41, 5.74) is 6.06. The molecule has 1 aliphatic heterocycles. The van der Waals surface area contributed by atoms with Gasteiger partial charge in [0.25, 0.3) is 5.91 Å². The molecule has 1 fully saturated rings. The number of ether oxygens (including phenoxy) is 2. The van der Waals surface area contributed by atoms with Crippen molar-refractivity contribution < 1.29 is 14.3 Å². The third kappa shape index (κ3) is 4.63. The average molecular weight is 292 g/mol. The first-order valence-corrected chi connectivity index (χ1v) is 7.42. The van der Waals surface area contributed by atoms with Crippen molar-refractivity contribution in [3.8, 4) is 5.75 Å². The summed E-state index contributed by atoms with van der Waals surface area (Å²) in [6, 6.07) is 8.00. The third-order valence-electron chi connectivity index (χ3n) is 3.95. The van der Waals surface area contributed by atoms with Crippen LogP contribution in [0.2, 0.25) is 0 Å². The quantitative estimate of drug-likeness (QED) is 0.844. The molecule has 3 N–H and O–H groups in total. The molecule has 1 amide bonds. The third-order valence-corrected chi connectivity index (χ3v) is 3.95. The van der Waals surface area contributed by atoms with Gasteiger partial charge in [0.1, 0.15) is 5.75 Å². The highest BCUT2D eigenvalue weighted by Gasteiger charge is 2.31. The van der Waals surface area contributed by atoms with Crippen molar-refractivity contribution in [1.82, 2.24) is 0 Å². The summed E-state index contributed by atoms with van der Waals surface area (Å²) in [6.45, 7) is 5.03. The molecule has 5 heteroatoms. The van der Waals surface area contributed by atoms with Crippen molar-refractivity contribution in [2.45, 2.75) is 44.8 Å². The van der Waals surface area contributed by atoms with Gasteiger partial charge in [-0.25, -0.2) is 0 Å². The Morgan fingerprint density at radius 3 is 2.81 bits per heavy atom. The molecular weight excluding hydrogens is 268 g/mol. The standard InChI is InChI=1S/C16H24N2O3/c1-3-16(2)10-13(8-9-21-16)18-12-4-6-14(7-5-12)20-11-15(17)19/h4-7,13,18H,3,8-11H2,1-2H3,(H2,17,19). The fourth-order valence-electron chi connectivity index (χ4n) is 2.54. The number of benzene rings is 1. The molecule has 1 aromatic rings. The van der Waals surface area contributed by atoms with Crippen LogP contribution in [0.3, 0.4) is 0 Å². The number of carbonyl (C=O) groups is 1. The number of hydrogen-bond acceptors (Lipinski definition) is 4. The van der Waals surface area contributed by atoms with E-state index >= 15 is 0 Å². The summed E-state index contributed by atoms with van der Waals surface area (Å²) in [5.74, 6) is 0.169. The lowest BCUT2D eigenvalue weighted by Crippen LogP contribution is -2.41. The monoisotopic (exact) mass is 292 g/mol. The summed E-state index contributed by atoms with van der Waals surface area (Å²) in [5, 5.41) is 3.54. The van der Waals surface area contributed by atoms with Gasteiger partial charge in [0.2, 0.25) is 0 Å². The van der Waals surface area contributed by atoms with Gasteiger partial charge >= 0.3 is 0 Å². The van der Waals surface area contributed by atoms with Crippen molar-refractivity contribution in [3.63, 3.8) is 0 Å². The minimum Gasteiger partial charge on any atom is -0.484 e. The zero-order valence-electron chi connectivity index (χ0n) is 12.7. The normalized spacial score (nSPS) is 25.3. The topological polar surface area (TPSA) is 73.6 Å². The molecule has 0 saturated carbocycles. The predicted octanol–water partition coefficient (Wildman–Crippen LogP) is 2.31. The second-order valence-corrected chi connectivity index (χ2v) is 5.77. The first-order valence-electron chi connectivity index (χ1n) is 7.42. The fraction of sp³-hybridized carbons (Fsp3) is 0.562. The number of primary amides is 1. The molecular formula is C16H24N2O3. The molecule has 0 spiro atoms. The Kier molecular flexibility index (Phi) is 5.07. The van der Waals surface area contributed by atoms with E-state index in [0.29, 0.717) is 11.8 Å². The molecule has 1 aliphatic rings. The van der Waals surface area contributed by atoms with Crippen LogP contribution in [0.4, 0.5) is 5.69 Å². The molecule has 116 valence electrons. The largest absolute Gasteiger partial charge is 0.484 e. The summed E-state index contributed by atoms with van der Waals surface area (Å²) in [4.78, 5) is 10.7. The van der Waals surface area contributed by atoms with E-state index in [-0.39, 0.29) is 12.2 Å². The van der Waals surface area contributed by atoms with E-state index in [1.54, 1.807) is 0 Å². The number of carbonyl (C=O) groups excluding carboxylic acids is 1. The van der Waals surface area contributed by atoms with Gasteiger partial charge in [-0.15, -0.1) is 0 Å². The molecule has 2 rings (SSSR count). The Morgan fingerprint density at radius 1 is 1.48 bits per heavy atom. The van der Waals surface area contributed by atoms with Gasteiger partial charge in [0, 0.05) is 18.3 Å². The van der Waals surface area contributed by atoms with Crippen molar-refractivity contribution >= 4 is 11.6 Å². The molecule has 1 heterocycles. The number of nitrogens with one attached hydrogen (secondary N) is 1. The van der Waals surface area contributed by atoms with Crippen LogP contribution < -0.4 is 15.8 Å². The molecule has 21 heavy (non-hydrogen) atoms. The minimum absolute atomic E-state index is 0.0273. The van der Waals surface area contributed by atoms with Crippen LogP contribution in [-0.4, -0.2) is 30.8 Å². The van der Waals surface area contributed by atoms with Crippen LogP contribution in [-0.2, 0) is 9.53 Å². The molecule has 2 unspecified atom stereocenters. The van der Waals surface area contributed by atoms with E-state index < -0.39 is 5.91 Å². The highest BCUT2D eigenvalue weighted by Crippen LogP contribution is 2.29. The van der Waals surface area contributed by atoms with Crippen LogP contribution in [0.1, 0.15) is 33.1 Å². The Morgan fingerprint density at radius 2 is 2.19 bits per heavy atom. The SMILES string of the molecule is CCC1(C)CC(Nc2ccc(OCC(N)=O)cc2)CCO1. The van der Waals surface area contributed by atoms with Gasteiger partial charge in [-0.3, -0.25) is 4.79 Å². The van der Waals surface area contributed by atoms with Crippen LogP contribution in [0.5, 0.6) is 5.75 Å². The lowest BCUT2D eigenvalue weighted by atomic mass is 9.90. The Bertz CT molecular complexity index is 475. The molecule has 0 aromatic heterocycles. The molecule has 0 bridgehead atoms. The summed E-state index contributed by atoms with van der Waals surface area (Å²) in [7, 11) is 0. The van der Waals surface area contributed by atoms with Crippen molar-refractivity contribution in [2.24, 2.45) is 5.73 Å². The number of rotatable bonds is 6. The van der Waals surface area contributed by atoms with Gasteiger partial charge in [-0.2, -0.15) is 0 Å². The number of hydrogen-bond donors (Lipinski definition) is 2. The van der Waals surface area contributed by atoms with Crippen LogP contribution in [0, 0.1) is 0 Å². The summed E-state index contributed by atoms with van der Waals surface area (Å²) in [6.07, 6.45) is 3.03. The molecule has 0 aliphatic carbocycles. The van der Waals surface area contributed by atoms with Gasteiger partial charge in [0.05, 0.1) is 5.60 Å². The first-order chi connectivity index (χ1) is 10.0. The smallest absolute Gasteiger partial charge is 0.255 e. The minimum atomic E-state index is -0.474. The van der Waals surface area contributed by atoms with E-state index in [1.807, 2.05) is 24.3 Å². The maximum Gasteiger partial charge on any atom is 0.255 e. The van der Waals surface area contributed by atoms with Gasteiger partial charge in [-0.05, 0) is 50.5 Å². The highest BCUT2D eigenvalue weighted by atomic mass is 16.5. The lowest BCUT2D eigenvalue weighted by Gasteiger charge is -2.38. The van der Waals surface area contributed by atoms with Crippen LogP contribution >= 0.6 is 0 Å². The van der Waals surface area contributed by atoms with E-state index in [0.717, 1.165) is 31.6 Å². The summed E-state index contributed by atoms with van der Waals surface area (Å²) < 4.78 is 11.1. The van der Waals surface area contributed by atoms with Gasteiger partial charge < -0.3 is 20.5 Å². The molecule has 2 atom stereocenters. The molecule has 1 saturated heterocycles. The van der Waals surface area contributed by atoms with E-state index in [4.69, 9.17) is 15.2 Å². The lowest BCUT2D eigenvalue weighted by molar-refractivity contribution is -0.119. The van der Waals surface area contributed by atoms with Crippen molar-refractivity contribution in [2.75, 3.05) is 18.5 Å². The van der Waals surface area contributed by atoms with Gasteiger partial charge in [-0.1, -0.05) is 6.92 Å². The van der Waals surface area contributed by atoms with Gasteiger partial charge in [0.15, 0.2) is 6.61 Å². The van der Waals surface area contributed by atoms with Crippen molar-refractivity contribution in [3.05, 3.63) is 24.3 Å². The second kappa shape index (κ2) is 6.80. The van der Waals surface area contributed by atoms with E-state index in [2.05, 4.69) is 19.2 Å². The Labute approximate surface area is 125 Å². The zero-order valence-corrected chi connectivity index (χ0v) is 12.7. The molecule has 1 aromatic carbocycles. The first kappa shape index (κ1) is 15.6. The van der Waals surface area contributed by atoms with E-state index in [1.165, 1.54) is 0 Å². The fourth-order valence-corrected chi connectivity index (χ4v) is 2.54. The predicted molar refractivity (Wildman–Crippen MR) is 82.4 cm³/mol. The molecule has 5 nitrogen and oxygen atoms in total. The average Bonchev–Trinajstić information content (AvgIpc) is 2.47. The second-order valence-electron chi connectivity index (χ2n) is 5.77. The van der Waals surface area contributed by atoms with Crippen LogP contribution in [0.25, 0.3) is 0 Å². The number of amides is 1.